The summed E-state index contributed by atoms with van der Waals surface area (Å²) in [5, 5.41) is 9.59. The van der Waals surface area contributed by atoms with Crippen molar-refractivity contribution in [3.05, 3.63) is 65.6 Å². The van der Waals surface area contributed by atoms with Crippen molar-refractivity contribution in [1.82, 2.24) is 19.5 Å². The number of carbonyl (C=O) groups excluding carboxylic acids is 3. The third-order valence-corrected chi connectivity index (χ3v) is 6.07. The molecule has 3 aromatic rings. The number of pyridine rings is 1. The zero-order chi connectivity index (χ0) is 23.9. The second-order valence-electron chi connectivity index (χ2n) is 7.59. The maximum atomic E-state index is 13.2. The molecule has 4 rings (SSSR count). The third-order valence-electron chi connectivity index (χ3n) is 5.43. The summed E-state index contributed by atoms with van der Waals surface area (Å²) in [4.78, 5) is 44.2. The lowest BCUT2D eigenvalue weighted by Crippen LogP contribution is -2.41. The highest BCUT2D eigenvalue weighted by Crippen LogP contribution is 2.31. The van der Waals surface area contributed by atoms with Crippen molar-refractivity contribution in [3.63, 3.8) is 0 Å². The molecule has 10 nitrogen and oxygen atoms in total. The van der Waals surface area contributed by atoms with Gasteiger partial charge < -0.3 is 15.0 Å². The van der Waals surface area contributed by atoms with Crippen LogP contribution in [0.5, 0.6) is 0 Å². The highest BCUT2D eigenvalue weighted by Gasteiger charge is 2.30. The quantitative estimate of drug-likeness (QED) is 0.508. The Kier molecular flexibility index (Phi) is 7.43. The number of hydrogen-bond acceptors (Lipinski definition) is 8. The maximum Gasteiger partial charge on any atom is 0.340 e. The fourth-order valence-electron chi connectivity index (χ4n) is 3.84. The number of nitrogens with one attached hydrogen (secondary N) is 2. The topological polar surface area (TPSA) is 126 Å². The number of piperidine rings is 1. The smallest absolute Gasteiger partial charge is 0.340 e. The first-order valence-electron chi connectivity index (χ1n) is 11.0. The molecule has 0 radical (unpaired) electrons. The molecule has 1 saturated heterocycles. The molecule has 11 heteroatoms. The largest absolute Gasteiger partial charge is 0.462 e. The Labute approximate surface area is 200 Å². The molecule has 1 fully saturated rings. The maximum absolute atomic E-state index is 13.2. The Morgan fingerprint density at radius 1 is 1.15 bits per heavy atom. The van der Waals surface area contributed by atoms with Crippen LogP contribution in [0.2, 0.25) is 0 Å². The summed E-state index contributed by atoms with van der Waals surface area (Å²) in [6.07, 6.45) is 6.20. The zero-order valence-electron chi connectivity index (χ0n) is 18.6. The van der Waals surface area contributed by atoms with Crippen LogP contribution in [0.4, 0.5) is 15.5 Å². The number of carbonyl (C=O) groups is 3. The molecular weight excluding hydrogens is 456 g/mol. The molecule has 0 saturated carbocycles. The van der Waals surface area contributed by atoms with Crippen molar-refractivity contribution >= 4 is 40.1 Å². The van der Waals surface area contributed by atoms with Crippen molar-refractivity contribution in [2.24, 2.45) is 0 Å². The van der Waals surface area contributed by atoms with Crippen LogP contribution < -0.4 is 10.6 Å². The van der Waals surface area contributed by atoms with Crippen LogP contribution in [0.15, 0.2) is 48.8 Å². The van der Waals surface area contributed by atoms with E-state index in [-0.39, 0.29) is 40.6 Å². The fourth-order valence-corrected chi connectivity index (χ4v) is 4.40. The van der Waals surface area contributed by atoms with Crippen molar-refractivity contribution in [2.45, 2.75) is 32.2 Å². The summed E-state index contributed by atoms with van der Waals surface area (Å²) < 4.78 is 8.89. The van der Waals surface area contributed by atoms with Gasteiger partial charge in [0.1, 0.15) is 0 Å². The van der Waals surface area contributed by atoms with Crippen molar-refractivity contribution < 1.29 is 19.1 Å². The zero-order valence-corrected chi connectivity index (χ0v) is 19.4. The molecule has 0 unspecified atom stereocenters. The average molecular weight is 481 g/mol. The van der Waals surface area contributed by atoms with E-state index in [0.29, 0.717) is 6.54 Å². The van der Waals surface area contributed by atoms with Crippen LogP contribution in [0.3, 0.4) is 0 Å². The van der Waals surface area contributed by atoms with E-state index in [4.69, 9.17) is 4.74 Å². The lowest BCUT2D eigenvalue weighted by atomic mass is 9.97. The molecule has 1 aliphatic heterocycles. The first-order valence-corrected chi connectivity index (χ1v) is 11.7. The molecule has 0 aliphatic carbocycles. The van der Waals surface area contributed by atoms with Gasteiger partial charge in [0.25, 0.3) is 5.91 Å². The average Bonchev–Trinajstić information content (AvgIpc) is 3.33. The Hall–Kier alpha value is -3.86. The fraction of sp³-hybridized carbons (Fsp3) is 0.304. The minimum absolute atomic E-state index is 0.0352. The lowest BCUT2D eigenvalue weighted by Gasteiger charge is -2.35. The molecular formula is C23H24N6O4S. The van der Waals surface area contributed by atoms with Gasteiger partial charge in [0.2, 0.25) is 0 Å². The molecule has 0 spiro atoms. The van der Waals surface area contributed by atoms with Crippen LogP contribution in [-0.4, -0.2) is 50.5 Å². The molecule has 176 valence electrons. The SMILES string of the molecule is CCOC(=O)c1ccccc1NC(=O)c1nnsc1NC(=O)N1CCCC[C@H]1c1cccnc1. The highest BCUT2D eigenvalue weighted by atomic mass is 32.1. The summed E-state index contributed by atoms with van der Waals surface area (Å²) in [6, 6.07) is 9.89. The van der Waals surface area contributed by atoms with E-state index in [2.05, 4.69) is 25.2 Å². The second-order valence-corrected chi connectivity index (χ2v) is 8.35. The second kappa shape index (κ2) is 10.8. The standard InChI is InChI=1S/C23H24N6O4S/c1-2-33-22(31)16-9-3-4-10-17(16)25-20(30)19-21(34-28-27-19)26-23(32)29-13-6-5-11-18(29)15-8-7-12-24-14-15/h3-4,7-10,12,14,18H,2,5-6,11,13H2,1H3,(H,25,30)(H,26,32)/t18-/m0/s1. The van der Waals surface area contributed by atoms with E-state index in [0.717, 1.165) is 36.4 Å². The summed E-state index contributed by atoms with van der Waals surface area (Å²) in [7, 11) is 0. The number of likely N-dealkylation sites (tertiary alicyclic amines) is 1. The van der Waals surface area contributed by atoms with Gasteiger partial charge in [0.05, 0.1) is 23.9 Å². The molecule has 1 aromatic carbocycles. The van der Waals surface area contributed by atoms with Gasteiger partial charge in [0, 0.05) is 30.5 Å². The number of rotatable bonds is 6. The molecule has 34 heavy (non-hydrogen) atoms. The predicted octanol–water partition coefficient (Wildman–Crippen LogP) is 4.12. The van der Waals surface area contributed by atoms with Crippen molar-refractivity contribution in [3.8, 4) is 0 Å². The van der Waals surface area contributed by atoms with Crippen LogP contribution in [0, 0.1) is 0 Å². The molecule has 1 aliphatic rings. The number of para-hydroxylation sites is 1. The lowest BCUT2D eigenvalue weighted by molar-refractivity contribution is 0.0527. The summed E-state index contributed by atoms with van der Waals surface area (Å²) in [5.41, 5.74) is 1.43. The number of esters is 1. The minimum Gasteiger partial charge on any atom is -0.462 e. The predicted molar refractivity (Wildman–Crippen MR) is 127 cm³/mol. The van der Waals surface area contributed by atoms with Gasteiger partial charge in [-0.1, -0.05) is 22.7 Å². The summed E-state index contributed by atoms with van der Waals surface area (Å²) in [5.74, 6) is -1.14. The Morgan fingerprint density at radius 3 is 2.79 bits per heavy atom. The molecule has 0 bridgehead atoms. The molecule has 2 N–H and O–H groups in total. The van der Waals surface area contributed by atoms with Crippen LogP contribution in [0.1, 0.15) is 58.6 Å². The monoisotopic (exact) mass is 480 g/mol. The number of anilines is 2. The number of amides is 3. The molecule has 3 amide bonds. The number of aromatic nitrogens is 3. The number of ether oxygens (including phenoxy) is 1. The molecule has 2 aromatic heterocycles. The Balaban J connectivity index is 1.49. The van der Waals surface area contributed by atoms with Gasteiger partial charge in [0.15, 0.2) is 10.7 Å². The van der Waals surface area contributed by atoms with E-state index in [9.17, 15) is 14.4 Å². The number of urea groups is 1. The number of nitrogens with zero attached hydrogens (tertiary/aromatic N) is 4. The van der Waals surface area contributed by atoms with E-state index in [1.807, 2.05) is 12.1 Å². The van der Waals surface area contributed by atoms with Crippen LogP contribution >= 0.6 is 11.5 Å². The van der Waals surface area contributed by atoms with E-state index in [1.165, 1.54) is 0 Å². The van der Waals surface area contributed by atoms with Crippen molar-refractivity contribution in [2.75, 3.05) is 23.8 Å². The summed E-state index contributed by atoms with van der Waals surface area (Å²) >= 11 is 0.912. The first kappa shape index (κ1) is 23.3. The first-order chi connectivity index (χ1) is 16.6. The van der Waals surface area contributed by atoms with E-state index >= 15 is 0 Å². The summed E-state index contributed by atoms with van der Waals surface area (Å²) in [6.45, 7) is 2.51. The van der Waals surface area contributed by atoms with E-state index in [1.54, 1.807) is 48.5 Å². The van der Waals surface area contributed by atoms with Gasteiger partial charge in [-0.2, -0.15) is 0 Å². The van der Waals surface area contributed by atoms with Gasteiger partial charge >= 0.3 is 12.0 Å². The van der Waals surface area contributed by atoms with E-state index < -0.39 is 11.9 Å². The van der Waals surface area contributed by atoms with Gasteiger partial charge in [-0.3, -0.25) is 15.1 Å². The Morgan fingerprint density at radius 2 is 2.00 bits per heavy atom. The number of hydrogen-bond donors (Lipinski definition) is 2. The van der Waals surface area contributed by atoms with Gasteiger partial charge in [-0.25, -0.2) is 9.59 Å². The normalized spacial score (nSPS) is 15.4. The van der Waals surface area contributed by atoms with Gasteiger partial charge in [-0.15, -0.1) is 5.10 Å². The molecule has 1 atom stereocenters. The van der Waals surface area contributed by atoms with Gasteiger partial charge in [-0.05, 0) is 49.9 Å². The Bertz CT molecular complexity index is 1170. The van der Waals surface area contributed by atoms with Crippen molar-refractivity contribution in [1.29, 1.82) is 0 Å². The van der Waals surface area contributed by atoms with Crippen LogP contribution in [0.25, 0.3) is 0 Å². The third kappa shape index (κ3) is 5.20. The highest BCUT2D eigenvalue weighted by molar-refractivity contribution is 7.10. The minimum atomic E-state index is -0.594. The molecule has 3 heterocycles. The number of benzene rings is 1. The van der Waals surface area contributed by atoms with Crippen LogP contribution in [-0.2, 0) is 4.74 Å².